The summed E-state index contributed by atoms with van der Waals surface area (Å²) >= 11 is 1.53. The van der Waals surface area contributed by atoms with Crippen molar-refractivity contribution in [1.29, 1.82) is 0 Å². The zero-order valence-electron chi connectivity index (χ0n) is 17.4. The number of phenolic OH excluding ortho intramolecular Hbond substituents is 1. The number of fused-ring (bicyclic) bond motifs is 2. The van der Waals surface area contributed by atoms with Gasteiger partial charge in [0, 0.05) is 16.8 Å². The molecule has 9 nitrogen and oxygen atoms in total. The van der Waals surface area contributed by atoms with Gasteiger partial charge in [0.1, 0.15) is 10.6 Å². The maximum absolute atomic E-state index is 11.9. The number of nitrogens with two attached hydrogens (primary N) is 1. The summed E-state index contributed by atoms with van der Waals surface area (Å²) in [5, 5.41) is 23.3. The monoisotopic (exact) mass is 491 g/mol. The third kappa shape index (κ3) is 4.27. The second kappa shape index (κ2) is 8.37. The number of hydrogen-bond acceptors (Lipinski definition) is 9. The zero-order valence-corrected chi connectivity index (χ0v) is 19.0. The fraction of sp³-hybridized carbons (Fsp3) is 0. The largest absolute Gasteiger partial charge is 0.505 e. The van der Waals surface area contributed by atoms with Gasteiger partial charge in [0.15, 0.2) is 10.9 Å². The zero-order chi connectivity index (χ0) is 23.9. The fourth-order valence-electron chi connectivity index (χ4n) is 3.42. The maximum atomic E-state index is 11.9. The Morgan fingerprint density at radius 2 is 1.74 bits per heavy atom. The summed E-state index contributed by atoms with van der Waals surface area (Å²) in [6.07, 6.45) is 0. The van der Waals surface area contributed by atoms with Crippen LogP contribution in [0.3, 0.4) is 0 Å². The molecule has 5 N–H and O–H groups in total. The Labute approximate surface area is 198 Å². The van der Waals surface area contributed by atoms with Gasteiger partial charge in [-0.15, -0.1) is 5.11 Å². The first-order valence-corrected chi connectivity index (χ1v) is 12.2. The van der Waals surface area contributed by atoms with Gasteiger partial charge in [-0.3, -0.25) is 4.55 Å². The number of benzene rings is 4. The molecule has 0 radical (unpaired) electrons. The first kappa shape index (κ1) is 21.8. The number of phenols is 1. The Kier molecular flexibility index (Phi) is 5.36. The van der Waals surface area contributed by atoms with Crippen LogP contribution in [0, 0.1) is 0 Å². The molecule has 0 aliphatic heterocycles. The summed E-state index contributed by atoms with van der Waals surface area (Å²) in [5.74, 6) is -0.449. The standard InChI is InChI=1S/C23H17N5O4S2/c24-14-6-5-13-11-20(34(30,31)32)21(22(29)17(13)12-14)28-27-16-9-7-15(8-10-16)25-23-26-18-3-1-2-4-19(18)33-23/h1-12,29H,24H2,(H,25,26)(H,30,31,32). The van der Waals surface area contributed by atoms with Gasteiger partial charge >= 0.3 is 0 Å². The van der Waals surface area contributed by atoms with Crippen LogP contribution >= 0.6 is 11.3 Å². The molecule has 0 amide bonds. The minimum Gasteiger partial charge on any atom is -0.505 e. The van der Waals surface area contributed by atoms with E-state index in [-0.39, 0.29) is 11.1 Å². The second-order valence-electron chi connectivity index (χ2n) is 7.39. The molecule has 5 rings (SSSR count). The molecule has 0 saturated carbocycles. The third-order valence-electron chi connectivity index (χ3n) is 5.03. The molecule has 0 aliphatic rings. The van der Waals surface area contributed by atoms with Crippen LogP contribution in [-0.2, 0) is 10.1 Å². The predicted molar refractivity (Wildman–Crippen MR) is 133 cm³/mol. The number of rotatable bonds is 5. The lowest BCUT2D eigenvalue weighted by atomic mass is 10.1. The number of aromatic hydroxyl groups is 1. The molecule has 170 valence electrons. The summed E-state index contributed by atoms with van der Waals surface area (Å²) in [7, 11) is -4.68. The van der Waals surface area contributed by atoms with Crippen molar-refractivity contribution in [2.75, 3.05) is 11.1 Å². The number of thiazole rings is 1. The van der Waals surface area contributed by atoms with Gasteiger partial charge in [0.05, 0.1) is 15.9 Å². The molecule has 0 aliphatic carbocycles. The number of nitrogens with zero attached hydrogens (tertiary/aromatic N) is 3. The van der Waals surface area contributed by atoms with E-state index in [1.165, 1.54) is 29.5 Å². The van der Waals surface area contributed by atoms with Crippen LogP contribution in [0.1, 0.15) is 0 Å². The molecular formula is C23H17N5O4S2. The minimum absolute atomic E-state index is 0.289. The highest BCUT2D eigenvalue weighted by atomic mass is 32.2. The van der Waals surface area contributed by atoms with Crippen LogP contribution in [0.5, 0.6) is 5.75 Å². The van der Waals surface area contributed by atoms with E-state index in [1.54, 1.807) is 30.3 Å². The Balaban J connectivity index is 1.45. The molecule has 4 aromatic carbocycles. The molecule has 0 spiro atoms. The second-order valence-corrected chi connectivity index (χ2v) is 9.81. The molecule has 5 aromatic rings. The molecule has 34 heavy (non-hydrogen) atoms. The van der Waals surface area contributed by atoms with E-state index in [9.17, 15) is 18.1 Å². The number of azo groups is 1. The lowest BCUT2D eigenvalue weighted by molar-refractivity contribution is 0.472. The van der Waals surface area contributed by atoms with Crippen molar-refractivity contribution in [3.8, 4) is 5.75 Å². The van der Waals surface area contributed by atoms with E-state index < -0.39 is 20.8 Å². The smallest absolute Gasteiger partial charge is 0.296 e. The van der Waals surface area contributed by atoms with E-state index in [1.807, 2.05) is 24.3 Å². The van der Waals surface area contributed by atoms with Gasteiger partial charge < -0.3 is 16.2 Å². The Morgan fingerprint density at radius 3 is 2.47 bits per heavy atom. The molecule has 1 heterocycles. The Bertz CT molecular complexity index is 1650. The number of nitrogens with one attached hydrogen (secondary N) is 1. The minimum atomic E-state index is -4.68. The summed E-state index contributed by atoms with van der Waals surface area (Å²) in [6, 6.07) is 20.5. The number of para-hydroxylation sites is 1. The molecule has 1 aromatic heterocycles. The van der Waals surface area contributed by atoms with E-state index in [4.69, 9.17) is 5.73 Å². The van der Waals surface area contributed by atoms with Crippen molar-refractivity contribution in [3.05, 3.63) is 72.8 Å². The van der Waals surface area contributed by atoms with Gasteiger partial charge in [0.2, 0.25) is 0 Å². The summed E-state index contributed by atoms with van der Waals surface area (Å²) < 4.78 is 34.6. The SMILES string of the molecule is Nc1ccc2cc(S(=O)(=O)O)c(N=Nc3ccc(Nc4nc5ccccc5s4)cc3)c(O)c2c1. The summed E-state index contributed by atoms with van der Waals surface area (Å²) in [4.78, 5) is 3.97. The van der Waals surface area contributed by atoms with Crippen LogP contribution in [0.2, 0.25) is 0 Å². The third-order valence-corrected chi connectivity index (χ3v) is 6.85. The number of aromatic nitrogens is 1. The normalized spacial score (nSPS) is 12.0. The number of anilines is 3. The van der Waals surface area contributed by atoms with E-state index in [0.717, 1.165) is 21.0 Å². The van der Waals surface area contributed by atoms with E-state index in [2.05, 4.69) is 20.5 Å². The average molecular weight is 492 g/mol. The van der Waals surface area contributed by atoms with Crippen LogP contribution in [0.15, 0.2) is 87.9 Å². The molecule has 11 heteroatoms. The molecule has 0 fully saturated rings. The molecule has 0 unspecified atom stereocenters. The highest BCUT2D eigenvalue weighted by Gasteiger charge is 2.22. The quantitative estimate of drug-likeness (QED) is 0.131. The topological polar surface area (TPSA) is 150 Å². The van der Waals surface area contributed by atoms with Gasteiger partial charge in [-0.25, -0.2) is 4.98 Å². The van der Waals surface area contributed by atoms with E-state index in [0.29, 0.717) is 16.8 Å². The van der Waals surface area contributed by atoms with Gasteiger partial charge in [-0.1, -0.05) is 29.5 Å². The average Bonchev–Trinajstić information content (AvgIpc) is 3.21. The van der Waals surface area contributed by atoms with Crippen LogP contribution in [0.25, 0.3) is 21.0 Å². The molecule has 0 saturated heterocycles. The van der Waals surface area contributed by atoms with Crippen LogP contribution in [-0.4, -0.2) is 23.1 Å². The van der Waals surface area contributed by atoms with Crippen LogP contribution in [0.4, 0.5) is 27.9 Å². The van der Waals surface area contributed by atoms with Crippen molar-refractivity contribution >= 4 is 70.3 Å². The van der Waals surface area contributed by atoms with Crippen LogP contribution < -0.4 is 11.1 Å². The fourth-order valence-corrected chi connectivity index (χ4v) is 4.96. The van der Waals surface area contributed by atoms with E-state index >= 15 is 0 Å². The van der Waals surface area contributed by atoms with Gasteiger partial charge in [-0.05, 0) is 60.0 Å². The predicted octanol–water partition coefficient (Wildman–Crippen LogP) is 6.14. The first-order chi connectivity index (χ1) is 16.3. The van der Waals surface area contributed by atoms with Crippen molar-refractivity contribution in [3.63, 3.8) is 0 Å². The first-order valence-electron chi connectivity index (χ1n) is 9.95. The number of nitrogen functional groups attached to an aromatic ring is 1. The van der Waals surface area contributed by atoms with Crippen molar-refractivity contribution in [1.82, 2.24) is 4.98 Å². The van der Waals surface area contributed by atoms with Crippen molar-refractivity contribution in [2.24, 2.45) is 10.2 Å². The van der Waals surface area contributed by atoms with Gasteiger partial charge in [-0.2, -0.15) is 13.5 Å². The molecule has 0 atom stereocenters. The van der Waals surface area contributed by atoms with Crippen molar-refractivity contribution in [2.45, 2.75) is 4.90 Å². The molecule has 0 bridgehead atoms. The lowest BCUT2D eigenvalue weighted by Crippen LogP contribution is -1.99. The highest BCUT2D eigenvalue weighted by molar-refractivity contribution is 7.86. The maximum Gasteiger partial charge on any atom is 0.296 e. The Hall–Kier alpha value is -4.06. The lowest BCUT2D eigenvalue weighted by Gasteiger charge is -2.09. The van der Waals surface area contributed by atoms with Gasteiger partial charge in [0.25, 0.3) is 10.1 Å². The molecular weight excluding hydrogens is 474 g/mol. The number of hydrogen-bond donors (Lipinski definition) is 4. The summed E-state index contributed by atoms with van der Waals surface area (Å²) in [5.41, 5.74) is 7.87. The highest BCUT2D eigenvalue weighted by Crippen LogP contribution is 2.42. The summed E-state index contributed by atoms with van der Waals surface area (Å²) in [6.45, 7) is 0. The van der Waals surface area contributed by atoms with Crippen molar-refractivity contribution < 1.29 is 18.1 Å². The Morgan fingerprint density at radius 1 is 0.971 bits per heavy atom.